The van der Waals surface area contributed by atoms with Crippen molar-refractivity contribution in [3.63, 3.8) is 0 Å². The Morgan fingerprint density at radius 1 is 1.25 bits per heavy atom. The summed E-state index contributed by atoms with van der Waals surface area (Å²) in [4.78, 5) is 16.2. The number of alkyl halides is 2. The van der Waals surface area contributed by atoms with Gasteiger partial charge >= 0.3 is 6.61 Å². The van der Waals surface area contributed by atoms with Crippen LogP contribution in [0.25, 0.3) is 0 Å². The van der Waals surface area contributed by atoms with E-state index in [0.717, 1.165) is 0 Å². The number of ketones is 1. The van der Waals surface area contributed by atoms with E-state index in [1.165, 1.54) is 37.6 Å². The quantitative estimate of drug-likeness (QED) is 0.790. The normalized spacial score (nSPS) is 10.4. The van der Waals surface area contributed by atoms with Crippen LogP contribution < -0.4 is 9.47 Å². The van der Waals surface area contributed by atoms with Crippen molar-refractivity contribution in [2.24, 2.45) is 0 Å². The third-order valence-electron chi connectivity index (χ3n) is 2.54. The van der Waals surface area contributed by atoms with E-state index < -0.39 is 12.4 Å². The van der Waals surface area contributed by atoms with Crippen molar-refractivity contribution in [2.45, 2.75) is 6.61 Å². The molecular weight excluding hydrogens is 268 g/mol. The van der Waals surface area contributed by atoms with E-state index in [2.05, 4.69) is 9.72 Å². The third-order valence-corrected chi connectivity index (χ3v) is 2.54. The summed E-state index contributed by atoms with van der Waals surface area (Å²) >= 11 is 0. The predicted octanol–water partition coefficient (Wildman–Crippen LogP) is 2.92. The van der Waals surface area contributed by atoms with Crippen molar-refractivity contribution in [1.29, 1.82) is 0 Å². The molecule has 0 radical (unpaired) electrons. The van der Waals surface area contributed by atoms with Gasteiger partial charge < -0.3 is 9.47 Å². The first kappa shape index (κ1) is 13.9. The van der Waals surface area contributed by atoms with Crippen LogP contribution in [0.3, 0.4) is 0 Å². The van der Waals surface area contributed by atoms with E-state index in [9.17, 15) is 13.6 Å². The molecule has 6 heteroatoms. The van der Waals surface area contributed by atoms with E-state index >= 15 is 0 Å². The van der Waals surface area contributed by atoms with Crippen molar-refractivity contribution in [3.8, 4) is 11.5 Å². The molecule has 1 heterocycles. The number of methoxy groups -OCH3 is 1. The maximum absolute atomic E-state index is 12.4. The van der Waals surface area contributed by atoms with Crippen LogP contribution in [0.4, 0.5) is 8.78 Å². The number of benzene rings is 1. The van der Waals surface area contributed by atoms with Crippen LogP contribution in [0, 0.1) is 0 Å². The number of carbonyl (C=O) groups is 1. The Kier molecular flexibility index (Phi) is 4.24. The number of ether oxygens (including phenoxy) is 2. The Hall–Kier alpha value is -2.50. The molecule has 0 aliphatic heterocycles. The molecule has 4 nitrogen and oxygen atoms in total. The molecule has 2 rings (SSSR count). The first-order valence-electron chi connectivity index (χ1n) is 5.70. The van der Waals surface area contributed by atoms with Gasteiger partial charge in [-0.1, -0.05) is 6.07 Å². The van der Waals surface area contributed by atoms with Crippen LogP contribution in [0.2, 0.25) is 0 Å². The van der Waals surface area contributed by atoms with Crippen molar-refractivity contribution in [1.82, 2.24) is 4.98 Å². The van der Waals surface area contributed by atoms with Gasteiger partial charge in [0.05, 0.1) is 12.7 Å². The fourth-order valence-corrected chi connectivity index (χ4v) is 1.65. The minimum atomic E-state index is -3.02. The first-order valence-corrected chi connectivity index (χ1v) is 5.70. The monoisotopic (exact) mass is 279 g/mol. The summed E-state index contributed by atoms with van der Waals surface area (Å²) in [7, 11) is 1.41. The standard InChI is InChI=1S/C14H11F2NO3/c1-19-9-5-6-12(20-14(15)16)10(8-9)13(18)11-4-2-3-7-17-11/h2-8,14H,1H3. The Balaban J connectivity index is 2.44. The molecule has 0 saturated heterocycles. The van der Waals surface area contributed by atoms with E-state index in [1.54, 1.807) is 12.1 Å². The fraction of sp³-hybridized carbons (Fsp3) is 0.143. The highest BCUT2D eigenvalue weighted by atomic mass is 19.3. The van der Waals surface area contributed by atoms with E-state index in [1.807, 2.05) is 0 Å². The second-order valence-corrected chi connectivity index (χ2v) is 3.78. The fourth-order valence-electron chi connectivity index (χ4n) is 1.65. The van der Waals surface area contributed by atoms with Crippen molar-refractivity contribution in [3.05, 3.63) is 53.9 Å². The number of pyridine rings is 1. The van der Waals surface area contributed by atoms with Gasteiger partial charge in [-0.15, -0.1) is 0 Å². The lowest BCUT2D eigenvalue weighted by molar-refractivity contribution is -0.0501. The van der Waals surface area contributed by atoms with Crippen LogP contribution in [-0.4, -0.2) is 24.5 Å². The second-order valence-electron chi connectivity index (χ2n) is 3.78. The summed E-state index contributed by atoms with van der Waals surface area (Å²) in [5.41, 5.74) is 0.114. The van der Waals surface area contributed by atoms with E-state index in [-0.39, 0.29) is 17.0 Å². The zero-order valence-corrected chi connectivity index (χ0v) is 10.5. The number of nitrogens with zero attached hydrogens (tertiary/aromatic N) is 1. The highest BCUT2D eigenvalue weighted by Gasteiger charge is 2.19. The van der Waals surface area contributed by atoms with Gasteiger partial charge in [-0.3, -0.25) is 9.78 Å². The molecule has 0 aliphatic rings. The highest BCUT2D eigenvalue weighted by molar-refractivity contribution is 6.09. The van der Waals surface area contributed by atoms with Crippen LogP contribution in [-0.2, 0) is 0 Å². The zero-order valence-electron chi connectivity index (χ0n) is 10.5. The maximum Gasteiger partial charge on any atom is 0.387 e. The minimum absolute atomic E-state index is 0.0247. The Morgan fingerprint density at radius 3 is 2.65 bits per heavy atom. The minimum Gasteiger partial charge on any atom is -0.497 e. The molecule has 1 aromatic carbocycles. The number of aromatic nitrogens is 1. The van der Waals surface area contributed by atoms with Crippen LogP contribution in [0.15, 0.2) is 42.6 Å². The number of hydrogen-bond donors (Lipinski definition) is 0. The summed E-state index contributed by atoms with van der Waals surface area (Å²) in [6.45, 7) is -3.02. The molecule has 2 aromatic rings. The van der Waals surface area contributed by atoms with Gasteiger partial charge in [0.1, 0.15) is 17.2 Å². The smallest absolute Gasteiger partial charge is 0.387 e. The van der Waals surface area contributed by atoms with Gasteiger partial charge in [-0.25, -0.2) is 0 Å². The molecule has 0 bridgehead atoms. The molecule has 0 fully saturated rings. The van der Waals surface area contributed by atoms with Crippen LogP contribution in [0.1, 0.15) is 16.1 Å². The molecule has 104 valence electrons. The summed E-state index contributed by atoms with van der Waals surface area (Å²) < 4.78 is 34.1. The van der Waals surface area contributed by atoms with Gasteiger partial charge in [-0.2, -0.15) is 8.78 Å². The summed E-state index contributed by atoms with van der Waals surface area (Å²) in [5.74, 6) is -0.359. The molecule has 0 N–H and O–H groups in total. The SMILES string of the molecule is COc1ccc(OC(F)F)c(C(=O)c2ccccn2)c1. The lowest BCUT2D eigenvalue weighted by Crippen LogP contribution is -2.10. The average molecular weight is 279 g/mol. The summed E-state index contributed by atoms with van der Waals surface area (Å²) in [5, 5.41) is 0. The lowest BCUT2D eigenvalue weighted by atomic mass is 10.1. The van der Waals surface area contributed by atoms with E-state index in [0.29, 0.717) is 5.75 Å². The highest BCUT2D eigenvalue weighted by Crippen LogP contribution is 2.27. The molecule has 20 heavy (non-hydrogen) atoms. The predicted molar refractivity (Wildman–Crippen MR) is 67.3 cm³/mol. The first-order chi connectivity index (χ1) is 9.61. The van der Waals surface area contributed by atoms with Crippen LogP contribution in [0.5, 0.6) is 11.5 Å². The number of rotatable bonds is 5. The molecule has 0 atom stereocenters. The van der Waals surface area contributed by atoms with Gasteiger partial charge in [0.15, 0.2) is 0 Å². The molecule has 0 aliphatic carbocycles. The maximum atomic E-state index is 12.4. The molecule has 1 aromatic heterocycles. The van der Waals surface area contributed by atoms with Gasteiger partial charge in [-0.05, 0) is 30.3 Å². The zero-order chi connectivity index (χ0) is 14.5. The molecule has 0 unspecified atom stereocenters. The van der Waals surface area contributed by atoms with Crippen molar-refractivity contribution < 1.29 is 23.0 Å². The van der Waals surface area contributed by atoms with Gasteiger partial charge in [0.25, 0.3) is 0 Å². The Labute approximate surface area is 114 Å². The van der Waals surface area contributed by atoms with Crippen molar-refractivity contribution >= 4 is 5.78 Å². The van der Waals surface area contributed by atoms with Crippen LogP contribution >= 0.6 is 0 Å². The molecule has 0 saturated carbocycles. The summed E-state index contributed by atoms with van der Waals surface area (Å²) in [6.07, 6.45) is 1.45. The summed E-state index contributed by atoms with van der Waals surface area (Å²) in [6, 6.07) is 8.82. The Morgan fingerprint density at radius 2 is 2.05 bits per heavy atom. The lowest BCUT2D eigenvalue weighted by Gasteiger charge is -2.11. The number of halogens is 2. The number of hydrogen-bond acceptors (Lipinski definition) is 4. The molecule has 0 amide bonds. The average Bonchev–Trinajstić information content (AvgIpc) is 2.47. The largest absolute Gasteiger partial charge is 0.497 e. The second kappa shape index (κ2) is 6.10. The topological polar surface area (TPSA) is 48.4 Å². The van der Waals surface area contributed by atoms with Crippen molar-refractivity contribution in [2.75, 3.05) is 7.11 Å². The third kappa shape index (κ3) is 3.09. The number of carbonyl (C=O) groups excluding carboxylic acids is 1. The molecular formula is C14H11F2NO3. The molecule has 0 spiro atoms. The van der Waals surface area contributed by atoms with Gasteiger partial charge in [0, 0.05) is 6.20 Å². The van der Waals surface area contributed by atoms with Gasteiger partial charge in [0.2, 0.25) is 5.78 Å². The Bertz CT molecular complexity index is 603. The van der Waals surface area contributed by atoms with E-state index in [4.69, 9.17) is 4.74 Å².